The molecule has 0 aliphatic carbocycles. The Bertz CT molecular complexity index is 852. The third-order valence-electron chi connectivity index (χ3n) is 3.44. The van der Waals surface area contributed by atoms with E-state index >= 15 is 0 Å². The second-order valence-electron chi connectivity index (χ2n) is 5.08. The summed E-state index contributed by atoms with van der Waals surface area (Å²) in [5.41, 5.74) is 4.59. The molecule has 1 aromatic carbocycles. The quantitative estimate of drug-likeness (QED) is 0.635. The molecule has 0 aliphatic heterocycles. The van der Waals surface area contributed by atoms with Gasteiger partial charge in [-0.25, -0.2) is 9.78 Å². The van der Waals surface area contributed by atoms with E-state index in [-0.39, 0.29) is 11.7 Å². The van der Waals surface area contributed by atoms with Gasteiger partial charge in [0, 0.05) is 6.04 Å². The van der Waals surface area contributed by atoms with Gasteiger partial charge in [-0.05, 0) is 59.1 Å². The first-order chi connectivity index (χ1) is 10.0. The Labute approximate surface area is 129 Å². The van der Waals surface area contributed by atoms with Crippen molar-refractivity contribution in [2.75, 3.05) is 5.32 Å². The van der Waals surface area contributed by atoms with Gasteiger partial charge in [-0.15, -0.1) is 0 Å². The van der Waals surface area contributed by atoms with Gasteiger partial charge in [0.05, 0.1) is 22.9 Å². The predicted molar refractivity (Wildman–Crippen MR) is 87.6 cm³/mol. The van der Waals surface area contributed by atoms with Crippen LogP contribution in [0.2, 0.25) is 0 Å². The zero-order chi connectivity index (χ0) is 15.0. The molecule has 0 aliphatic rings. The zero-order valence-electron chi connectivity index (χ0n) is 11.7. The lowest BCUT2D eigenvalue weighted by Crippen LogP contribution is -2.07. The number of halogens is 1. The van der Waals surface area contributed by atoms with Crippen LogP contribution in [-0.4, -0.2) is 15.0 Å². The number of hydrogen-bond acceptors (Lipinski definition) is 3. The van der Waals surface area contributed by atoms with Crippen molar-refractivity contribution in [3.05, 3.63) is 56.7 Å². The standard InChI is InChI=1S/C15H15BrN4O/c1-8-5-11(7-17-14(8)16)18-9(2)10-3-4-12-13(6-10)20-15(21)19-12/h3-7,9,18H,1-2H3,(H2,19,20,21). The summed E-state index contributed by atoms with van der Waals surface area (Å²) >= 11 is 3.39. The average molecular weight is 347 g/mol. The minimum absolute atomic E-state index is 0.107. The Hall–Kier alpha value is -2.08. The molecule has 21 heavy (non-hydrogen) atoms. The fourth-order valence-electron chi connectivity index (χ4n) is 2.29. The number of benzene rings is 1. The van der Waals surface area contributed by atoms with Crippen LogP contribution in [0.3, 0.4) is 0 Å². The van der Waals surface area contributed by atoms with Crippen LogP contribution >= 0.6 is 15.9 Å². The fourth-order valence-corrected chi connectivity index (χ4v) is 2.51. The fraction of sp³-hybridized carbons (Fsp3) is 0.200. The maximum Gasteiger partial charge on any atom is 0.323 e. The summed E-state index contributed by atoms with van der Waals surface area (Å²) in [6.45, 7) is 4.08. The highest BCUT2D eigenvalue weighted by atomic mass is 79.9. The summed E-state index contributed by atoms with van der Waals surface area (Å²) in [5.74, 6) is 0. The van der Waals surface area contributed by atoms with Gasteiger partial charge in [-0.1, -0.05) is 6.07 Å². The lowest BCUT2D eigenvalue weighted by Gasteiger charge is -2.16. The first-order valence-electron chi connectivity index (χ1n) is 6.63. The highest BCUT2D eigenvalue weighted by Gasteiger charge is 2.08. The van der Waals surface area contributed by atoms with E-state index in [1.54, 1.807) is 6.20 Å². The van der Waals surface area contributed by atoms with Gasteiger partial charge in [-0.2, -0.15) is 0 Å². The van der Waals surface area contributed by atoms with E-state index in [4.69, 9.17) is 0 Å². The number of rotatable bonds is 3. The van der Waals surface area contributed by atoms with E-state index in [9.17, 15) is 4.79 Å². The first kappa shape index (κ1) is 13.9. The number of nitrogens with zero attached hydrogens (tertiary/aromatic N) is 1. The number of nitrogens with one attached hydrogen (secondary N) is 3. The lowest BCUT2D eigenvalue weighted by molar-refractivity contribution is 0.883. The topological polar surface area (TPSA) is 73.6 Å². The van der Waals surface area contributed by atoms with Gasteiger partial charge < -0.3 is 15.3 Å². The second kappa shape index (κ2) is 5.37. The van der Waals surface area contributed by atoms with Gasteiger partial charge in [0.1, 0.15) is 4.60 Å². The second-order valence-corrected chi connectivity index (χ2v) is 5.83. The van der Waals surface area contributed by atoms with Crippen LogP contribution in [-0.2, 0) is 0 Å². The Balaban J connectivity index is 1.87. The molecule has 0 saturated heterocycles. The molecular formula is C15H15BrN4O. The molecule has 3 rings (SSSR count). The molecule has 3 aromatic rings. The zero-order valence-corrected chi connectivity index (χ0v) is 13.3. The molecule has 0 radical (unpaired) electrons. The van der Waals surface area contributed by atoms with Crippen molar-refractivity contribution >= 4 is 32.7 Å². The van der Waals surface area contributed by atoms with Crippen LogP contribution in [0.1, 0.15) is 24.1 Å². The van der Waals surface area contributed by atoms with Crippen LogP contribution in [0.4, 0.5) is 5.69 Å². The Morgan fingerprint density at radius 2 is 2.00 bits per heavy atom. The summed E-state index contributed by atoms with van der Waals surface area (Å²) in [6.07, 6.45) is 1.80. The molecule has 2 aromatic heterocycles. The summed E-state index contributed by atoms with van der Waals surface area (Å²) in [6, 6.07) is 8.04. The first-order valence-corrected chi connectivity index (χ1v) is 7.43. The van der Waals surface area contributed by atoms with Gasteiger partial charge in [0.25, 0.3) is 0 Å². The van der Waals surface area contributed by atoms with E-state index in [1.807, 2.05) is 31.2 Å². The molecule has 5 nitrogen and oxygen atoms in total. The molecule has 6 heteroatoms. The maximum absolute atomic E-state index is 11.3. The Morgan fingerprint density at radius 3 is 2.76 bits per heavy atom. The van der Waals surface area contributed by atoms with Crippen LogP contribution in [0.5, 0.6) is 0 Å². The number of hydrogen-bond donors (Lipinski definition) is 3. The molecule has 1 unspecified atom stereocenters. The number of anilines is 1. The van der Waals surface area contributed by atoms with Crippen molar-refractivity contribution in [3.63, 3.8) is 0 Å². The Kier molecular flexibility index (Phi) is 3.55. The molecule has 0 bridgehead atoms. The van der Waals surface area contributed by atoms with Crippen molar-refractivity contribution in [3.8, 4) is 0 Å². The number of pyridine rings is 1. The molecular weight excluding hydrogens is 332 g/mol. The largest absolute Gasteiger partial charge is 0.377 e. The van der Waals surface area contributed by atoms with Crippen LogP contribution in [0, 0.1) is 6.92 Å². The number of aromatic amines is 2. The molecule has 0 amide bonds. The van der Waals surface area contributed by atoms with E-state index in [1.165, 1.54) is 0 Å². The summed E-state index contributed by atoms with van der Waals surface area (Å²) in [5, 5.41) is 3.41. The van der Waals surface area contributed by atoms with Crippen molar-refractivity contribution in [2.45, 2.75) is 19.9 Å². The van der Waals surface area contributed by atoms with Crippen LogP contribution in [0.15, 0.2) is 39.9 Å². The predicted octanol–water partition coefficient (Wildman–Crippen LogP) is 3.50. The van der Waals surface area contributed by atoms with Gasteiger partial charge in [0.15, 0.2) is 0 Å². The number of aryl methyl sites for hydroxylation is 1. The SMILES string of the molecule is Cc1cc(NC(C)c2ccc3[nH]c(=O)[nH]c3c2)cnc1Br. The molecule has 0 saturated carbocycles. The lowest BCUT2D eigenvalue weighted by atomic mass is 10.1. The van der Waals surface area contributed by atoms with E-state index < -0.39 is 0 Å². The van der Waals surface area contributed by atoms with Gasteiger partial charge in [0.2, 0.25) is 0 Å². The molecule has 0 fully saturated rings. The van der Waals surface area contributed by atoms with Crippen molar-refractivity contribution < 1.29 is 0 Å². The van der Waals surface area contributed by atoms with Crippen molar-refractivity contribution in [1.29, 1.82) is 0 Å². The van der Waals surface area contributed by atoms with E-state index in [0.717, 1.165) is 32.5 Å². The smallest absolute Gasteiger partial charge is 0.323 e. The minimum Gasteiger partial charge on any atom is -0.377 e. The number of aromatic nitrogens is 3. The summed E-state index contributed by atoms with van der Waals surface area (Å²) in [7, 11) is 0. The number of imidazole rings is 1. The molecule has 2 heterocycles. The van der Waals surface area contributed by atoms with Gasteiger partial charge >= 0.3 is 5.69 Å². The maximum atomic E-state index is 11.3. The molecule has 3 N–H and O–H groups in total. The van der Waals surface area contributed by atoms with Crippen LogP contribution in [0.25, 0.3) is 11.0 Å². The third-order valence-corrected chi connectivity index (χ3v) is 4.27. The molecule has 1 atom stereocenters. The van der Waals surface area contributed by atoms with Crippen molar-refractivity contribution in [1.82, 2.24) is 15.0 Å². The highest BCUT2D eigenvalue weighted by Crippen LogP contribution is 2.23. The molecule has 108 valence electrons. The van der Waals surface area contributed by atoms with Crippen molar-refractivity contribution in [2.24, 2.45) is 0 Å². The highest BCUT2D eigenvalue weighted by molar-refractivity contribution is 9.10. The van der Waals surface area contributed by atoms with E-state index in [0.29, 0.717) is 0 Å². The minimum atomic E-state index is -0.185. The monoisotopic (exact) mass is 346 g/mol. The normalized spacial score (nSPS) is 12.5. The van der Waals surface area contributed by atoms with Crippen LogP contribution < -0.4 is 11.0 Å². The summed E-state index contributed by atoms with van der Waals surface area (Å²) < 4.78 is 0.854. The number of H-pyrrole nitrogens is 2. The average Bonchev–Trinajstić information content (AvgIpc) is 2.82. The van der Waals surface area contributed by atoms with E-state index in [2.05, 4.69) is 43.1 Å². The number of fused-ring (bicyclic) bond motifs is 1. The summed E-state index contributed by atoms with van der Waals surface area (Å²) in [4.78, 5) is 21.1. The van der Waals surface area contributed by atoms with Gasteiger partial charge in [-0.3, -0.25) is 0 Å². The molecule has 0 spiro atoms. The third kappa shape index (κ3) is 2.85. The Morgan fingerprint density at radius 1 is 1.24 bits per heavy atom.